The maximum absolute atomic E-state index is 12.6. The van der Waals surface area contributed by atoms with Crippen LogP contribution in [0.2, 0.25) is 0 Å². The van der Waals surface area contributed by atoms with Gasteiger partial charge in [0.2, 0.25) is 10.0 Å². The quantitative estimate of drug-likeness (QED) is 0.406. The van der Waals surface area contributed by atoms with Gasteiger partial charge in [0.05, 0.1) is 24.1 Å². The Balaban J connectivity index is 1.22. The summed E-state index contributed by atoms with van der Waals surface area (Å²) in [5, 5.41) is 21.8. The molecule has 218 valence electrons. The van der Waals surface area contributed by atoms with Crippen LogP contribution in [0.5, 0.6) is 0 Å². The standard InChI is InChI=1S/C30H51NO6S/c1-4-22-25-18-20(32)12-15-30(25,3)24-13-16-29(2)19(10-11-23(29)26(24)27(22)33)14-17-37-28(34)31-38(35,36)21-8-6-5-7-9-21/h19-27,32-33H,4-18H2,1-3H3,(H,31,34)/t19?,20-,22-,23+,24+,25+,26+,27-,29-,30-/m1/s1. The summed E-state index contributed by atoms with van der Waals surface area (Å²) in [6.45, 7) is 7.28. The summed E-state index contributed by atoms with van der Waals surface area (Å²) in [7, 11) is -3.68. The highest BCUT2D eigenvalue weighted by molar-refractivity contribution is 7.90. The van der Waals surface area contributed by atoms with Crippen molar-refractivity contribution in [1.29, 1.82) is 0 Å². The molecule has 1 amide bonds. The van der Waals surface area contributed by atoms with Gasteiger partial charge in [-0.25, -0.2) is 17.9 Å². The number of sulfonamides is 1. The van der Waals surface area contributed by atoms with E-state index in [4.69, 9.17) is 4.74 Å². The molecule has 0 aromatic carbocycles. The number of aliphatic hydroxyl groups is 2. The van der Waals surface area contributed by atoms with E-state index in [0.29, 0.717) is 42.4 Å². The second-order valence-electron chi connectivity index (χ2n) is 14.0. The second-order valence-corrected chi connectivity index (χ2v) is 16.0. The summed E-state index contributed by atoms with van der Waals surface area (Å²) < 4.78 is 32.7. The van der Waals surface area contributed by atoms with Crippen molar-refractivity contribution in [1.82, 2.24) is 4.72 Å². The highest BCUT2D eigenvalue weighted by Crippen LogP contribution is 2.69. The fourth-order valence-electron chi connectivity index (χ4n) is 10.4. The maximum Gasteiger partial charge on any atom is 0.420 e. The molecule has 5 saturated carbocycles. The summed E-state index contributed by atoms with van der Waals surface area (Å²) in [5.74, 6) is 2.30. The lowest BCUT2D eigenvalue weighted by atomic mass is 9.41. The molecule has 7 nitrogen and oxygen atoms in total. The maximum atomic E-state index is 12.6. The highest BCUT2D eigenvalue weighted by atomic mass is 32.2. The number of amides is 1. The lowest BCUT2D eigenvalue weighted by Gasteiger charge is -2.64. The molecule has 3 N–H and O–H groups in total. The van der Waals surface area contributed by atoms with E-state index in [1.807, 2.05) is 0 Å². The van der Waals surface area contributed by atoms with Crippen molar-refractivity contribution in [2.24, 2.45) is 46.3 Å². The first-order valence-electron chi connectivity index (χ1n) is 15.6. The van der Waals surface area contributed by atoms with Crippen molar-refractivity contribution in [3.05, 3.63) is 0 Å². The van der Waals surface area contributed by atoms with Crippen molar-refractivity contribution >= 4 is 16.1 Å². The second kappa shape index (κ2) is 10.8. The molecule has 1 unspecified atom stereocenters. The molecule has 38 heavy (non-hydrogen) atoms. The topological polar surface area (TPSA) is 113 Å². The van der Waals surface area contributed by atoms with Crippen LogP contribution in [0.15, 0.2) is 0 Å². The largest absolute Gasteiger partial charge is 0.449 e. The summed E-state index contributed by atoms with van der Waals surface area (Å²) in [4.78, 5) is 12.4. The molecule has 10 atom stereocenters. The zero-order valence-electron chi connectivity index (χ0n) is 23.7. The molecule has 0 radical (unpaired) electrons. The molecule has 0 aromatic heterocycles. The number of nitrogens with one attached hydrogen (secondary N) is 1. The van der Waals surface area contributed by atoms with Gasteiger partial charge in [0.25, 0.3) is 0 Å². The van der Waals surface area contributed by atoms with E-state index in [1.54, 1.807) is 0 Å². The fraction of sp³-hybridized carbons (Fsp3) is 0.967. The molecular weight excluding hydrogens is 502 g/mol. The van der Waals surface area contributed by atoms with E-state index < -0.39 is 21.4 Å². The zero-order valence-corrected chi connectivity index (χ0v) is 24.6. The number of ether oxygens (including phenoxy) is 1. The summed E-state index contributed by atoms with van der Waals surface area (Å²) >= 11 is 0. The minimum atomic E-state index is -3.68. The van der Waals surface area contributed by atoms with Crippen LogP contribution in [-0.2, 0) is 14.8 Å². The Kier molecular flexibility index (Phi) is 8.18. The van der Waals surface area contributed by atoms with Gasteiger partial charge in [-0.3, -0.25) is 0 Å². The van der Waals surface area contributed by atoms with Crippen LogP contribution >= 0.6 is 0 Å². The van der Waals surface area contributed by atoms with Crippen molar-refractivity contribution < 1.29 is 28.2 Å². The van der Waals surface area contributed by atoms with E-state index in [2.05, 4.69) is 25.5 Å². The van der Waals surface area contributed by atoms with Gasteiger partial charge >= 0.3 is 6.09 Å². The molecular formula is C30H51NO6S. The third-order valence-corrected chi connectivity index (χ3v) is 14.3. The van der Waals surface area contributed by atoms with Crippen molar-refractivity contribution in [3.8, 4) is 0 Å². The Hall–Kier alpha value is -0.860. The average molecular weight is 554 g/mol. The average Bonchev–Trinajstić information content (AvgIpc) is 3.22. The van der Waals surface area contributed by atoms with E-state index in [-0.39, 0.29) is 35.6 Å². The Morgan fingerprint density at radius 2 is 1.61 bits per heavy atom. The highest BCUT2D eigenvalue weighted by Gasteiger charge is 2.64. The molecule has 0 aliphatic heterocycles. The van der Waals surface area contributed by atoms with Crippen LogP contribution in [0.3, 0.4) is 0 Å². The third-order valence-electron chi connectivity index (χ3n) is 12.5. The predicted octanol–water partition coefficient (Wildman–Crippen LogP) is 5.39. The van der Waals surface area contributed by atoms with Gasteiger partial charge in [-0.05, 0) is 111 Å². The Bertz CT molecular complexity index is 966. The summed E-state index contributed by atoms with van der Waals surface area (Å²) in [6.07, 6.45) is 11.5. The number of carbonyl (C=O) groups is 1. The Morgan fingerprint density at radius 1 is 0.921 bits per heavy atom. The van der Waals surface area contributed by atoms with Crippen LogP contribution in [0.4, 0.5) is 4.79 Å². The molecule has 5 aliphatic carbocycles. The minimum Gasteiger partial charge on any atom is -0.449 e. The van der Waals surface area contributed by atoms with Crippen molar-refractivity contribution in [2.75, 3.05) is 6.61 Å². The van der Waals surface area contributed by atoms with Gasteiger partial charge in [-0.1, -0.05) is 46.5 Å². The lowest BCUT2D eigenvalue weighted by Crippen LogP contribution is -2.62. The van der Waals surface area contributed by atoms with Gasteiger partial charge in [-0.2, -0.15) is 0 Å². The van der Waals surface area contributed by atoms with Gasteiger partial charge in [0, 0.05) is 0 Å². The first kappa shape index (κ1) is 28.7. The molecule has 0 saturated heterocycles. The molecule has 0 heterocycles. The number of carbonyl (C=O) groups excluding carboxylic acids is 1. The van der Waals surface area contributed by atoms with E-state index in [9.17, 15) is 23.4 Å². The van der Waals surface area contributed by atoms with Crippen LogP contribution in [0, 0.1) is 46.3 Å². The first-order valence-corrected chi connectivity index (χ1v) is 17.1. The van der Waals surface area contributed by atoms with Crippen LogP contribution in [0.1, 0.15) is 111 Å². The van der Waals surface area contributed by atoms with Gasteiger partial charge in [0.15, 0.2) is 0 Å². The molecule has 5 rings (SSSR count). The van der Waals surface area contributed by atoms with Crippen molar-refractivity contribution in [3.63, 3.8) is 0 Å². The minimum absolute atomic E-state index is 0.103. The number of hydrogen-bond donors (Lipinski definition) is 3. The molecule has 8 heteroatoms. The fourth-order valence-corrected chi connectivity index (χ4v) is 11.9. The third kappa shape index (κ3) is 4.93. The van der Waals surface area contributed by atoms with Crippen molar-refractivity contribution in [2.45, 2.75) is 128 Å². The first-order chi connectivity index (χ1) is 18.0. The van der Waals surface area contributed by atoms with Crippen LogP contribution < -0.4 is 4.72 Å². The van der Waals surface area contributed by atoms with E-state index in [1.165, 1.54) is 0 Å². The molecule has 0 aromatic rings. The number of fused-ring (bicyclic) bond motifs is 5. The van der Waals surface area contributed by atoms with Gasteiger partial charge in [0.1, 0.15) is 0 Å². The van der Waals surface area contributed by atoms with Gasteiger partial charge < -0.3 is 14.9 Å². The smallest absolute Gasteiger partial charge is 0.420 e. The lowest BCUT2D eigenvalue weighted by molar-refractivity contribution is -0.202. The molecule has 5 fully saturated rings. The molecule has 5 aliphatic rings. The van der Waals surface area contributed by atoms with E-state index in [0.717, 1.165) is 77.0 Å². The Labute approximate surface area is 229 Å². The Morgan fingerprint density at radius 3 is 2.32 bits per heavy atom. The molecule has 0 bridgehead atoms. The number of hydrogen-bond acceptors (Lipinski definition) is 6. The molecule has 0 spiro atoms. The van der Waals surface area contributed by atoms with Crippen LogP contribution in [0.25, 0.3) is 0 Å². The summed E-state index contributed by atoms with van der Waals surface area (Å²) in [6, 6.07) is 0. The van der Waals surface area contributed by atoms with Gasteiger partial charge in [-0.15, -0.1) is 0 Å². The van der Waals surface area contributed by atoms with E-state index >= 15 is 0 Å². The van der Waals surface area contributed by atoms with Crippen LogP contribution in [-0.4, -0.2) is 48.8 Å². The normalized spacial score (nSPS) is 45.5. The number of aliphatic hydroxyl groups excluding tert-OH is 2. The monoisotopic (exact) mass is 553 g/mol. The summed E-state index contributed by atoms with van der Waals surface area (Å²) in [5.41, 5.74) is 0.292. The zero-order chi connectivity index (χ0) is 27.3. The number of rotatable bonds is 6. The SMILES string of the molecule is CC[C@H]1[C@@H](O)[C@@H]2[C@H](CC[C@]3(C)C(CCOC(=O)NS(=O)(=O)C4CCCCC4)CC[C@@H]23)[C@@]2(C)CC[C@@H](O)C[C@@H]12. The predicted molar refractivity (Wildman–Crippen MR) is 147 cm³/mol.